The van der Waals surface area contributed by atoms with E-state index in [1.54, 1.807) is 7.11 Å². The molecule has 0 rings (SSSR count). The fourth-order valence-corrected chi connectivity index (χ4v) is 1.71. The lowest BCUT2D eigenvalue weighted by Crippen LogP contribution is -2.19. The average Bonchev–Trinajstić information content (AvgIpc) is 2.20. The summed E-state index contributed by atoms with van der Waals surface area (Å²) in [5, 5.41) is 0. The zero-order valence-electron chi connectivity index (χ0n) is 11.2. The molecule has 1 atom stereocenters. The lowest BCUT2D eigenvalue weighted by molar-refractivity contribution is 0.0685. The summed E-state index contributed by atoms with van der Waals surface area (Å²) < 4.78 is 10.3. The smallest absolute Gasteiger partial charge is 0.0700 e. The molecule has 0 N–H and O–H groups in total. The lowest BCUT2D eigenvalue weighted by Gasteiger charge is -2.25. The van der Waals surface area contributed by atoms with Gasteiger partial charge in [-0.3, -0.25) is 0 Å². The number of halogens is 1. The van der Waals surface area contributed by atoms with Crippen molar-refractivity contribution in [1.82, 2.24) is 0 Å². The van der Waals surface area contributed by atoms with Crippen molar-refractivity contribution < 1.29 is 9.47 Å². The molecular weight excluding hydrogens is 268 g/mol. The van der Waals surface area contributed by atoms with Crippen LogP contribution in [0, 0.1) is 5.41 Å². The normalized spacial score (nSPS) is 14.1. The summed E-state index contributed by atoms with van der Waals surface area (Å²) in [6, 6.07) is 0. The van der Waals surface area contributed by atoms with Crippen LogP contribution in [0.1, 0.15) is 46.5 Å². The van der Waals surface area contributed by atoms with Crippen LogP contribution in [0.2, 0.25) is 0 Å². The van der Waals surface area contributed by atoms with Crippen LogP contribution in [0.25, 0.3) is 0 Å². The standard InChI is InChI=1S/C13H27BrO2/c1-13(2,3)12(14)8-6-5-7-9-16-11-10-15-4/h12H,5-11H2,1-4H3. The summed E-state index contributed by atoms with van der Waals surface area (Å²) >= 11 is 3.75. The lowest BCUT2D eigenvalue weighted by atomic mass is 9.89. The van der Waals surface area contributed by atoms with Gasteiger partial charge in [-0.2, -0.15) is 0 Å². The summed E-state index contributed by atoms with van der Waals surface area (Å²) in [5.74, 6) is 0. The highest BCUT2D eigenvalue weighted by Gasteiger charge is 2.20. The Balaban J connectivity index is 3.21. The molecule has 0 aromatic heterocycles. The Morgan fingerprint density at radius 2 is 1.69 bits per heavy atom. The molecule has 0 aliphatic rings. The van der Waals surface area contributed by atoms with Gasteiger partial charge in [0, 0.05) is 18.5 Å². The second-order valence-corrected chi connectivity index (χ2v) is 6.39. The highest BCUT2D eigenvalue weighted by molar-refractivity contribution is 9.09. The van der Waals surface area contributed by atoms with Crippen LogP contribution in [0.15, 0.2) is 0 Å². The molecule has 0 aliphatic carbocycles. The van der Waals surface area contributed by atoms with Crippen LogP contribution in [-0.4, -0.2) is 31.8 Å². The second kappa shape index (κ2) is 9.43. The minimum atomic E-state index is 0.370. The van der Waals surface area contributed by atoms with Gasteiger partial charge in [0.15, 0.2) is 0 Å². The molecule has 0 heterocycles. The molecule has 2 nitrogen and oxygen atoms in total. The van der Waals surface area contributed by atoms with Gasteiger partial charge in [-0.1, -0.05) is 49.5 Å². The first-order valence-corrected chi connectivity index (χ1v) is 7.11. The summed E-state index contributed by atoms with van der Waals surface area (Å²) in [7, 11) is 1.70. The van der Waals surface area contributed by atoms with E-state index in [2.05, 4.69) is 36.7 Å². The summed E-state index contributed by atoms with van der Waals surface area (Å²) in [6.07, 6.45) is 4.95. The maximum atomic E-state index is 5.41. The summed E-state index contributed by atoms with van der Waals surface area (Å²) in [5.41, 5.74) is 0.370. The third-order valence-electron chi connectivity index (χ3n) is 2.62. The molecule has 0 spiro atoms. The molecule has 0 saturated heterocycles. The quantitative estimate of drug-likeness (QED) is 0.472. The van der Waals surface area contributed by atoms with E-state index >= 15 is 0 Å². The molecule has 0 amide bonds. The molecule has 0 saturated carbocycles. The largest absolute Gasteiger partial charge is 0.382 e. The average molecular weight is 295 g/mol. The fourth-order valence-electron chi connectivity index (χ4n) is 1.38. The maximum absolute atomic E-state index is 5.41. The van der Waals surface area contributed by atoms with Crippen molar-refractivity contribution in [2.45, 2.75) is 51.3 Å². The van der Waals surface area contributed by atoms with Crippen molar-refractivity contribution >= 4 is 15.9 Å². The maximum Gasteiger partial charge on any atom is 0.0700 e. The third kappa shape index (κ3) is 9.61. The molecule has 0 aromatic carbocycles. The summed E-state index contributed by atoms with van der Waals surface area (Å²) in [6.45, 7) is 9.12. The second-order valence-electron chi connectivity index (χ2n) is 5.29. The van der Waals surface area contributed by atoms with Crippen molar-refractivity contribution in [2.24, 2.45) is 5.41 Å². The van der Waals surface area contributed by atoms with E-state index in [1.165, 1.54) is 19.3 Å². The van der Waals surface area contributed by atoms with Crippen LogP contribution < -0.4 is 0 Å². The van der Waals surface area contributed by atoms with Crippen molar-refractivity contribution in [1.29, 1.82) is 0 Å². The Morgan fingerprint density at radius 1 is 1.00 bits per heavy atom. The first kappa shape index (κ1) is 16.4. The topological polar surface area (TPSA) is 18.5 Å². The Morgan fingerprint density at radius 3 is 2.25 bits per heavy atom. The van der Waals surface area contributed by atoms with Crippen molar-refractivity contribution in [3.05, 3.63) is 0 Å². The number of rotatable bonds is 9. The molecule has 0 radical (unpaired) electrons. The van der Waals surface area contributed by atoms with E-state index in [1.807, 2.05) is 0 Å². The van der Waals surface area contributed by atoms with E-state index in [0.29, 0.717) is 16.8 Å². The van der Waals surface area contributed by atoms with Gasteiger partial charge in [-0.25, -0.2) is 0 Å². The first-order valence-electron chi connectivity index (χ1n) is 6.19. The summed E-state index contributed by atoms with van der Waals surface area (Å²) in [4.78, 5) is 0.620. The highest BCUT2D eigenvalue weighted by Crippen LogP contribution is 2.29. The van der Waals surface area contributed by atoms with Crippen LogP contribution >= 0.6 is 15.9 Å². The minimum Gasteiger partial charge on any atom is -0.382 e. The van der Waals surface area contributed by atoms with Gasteiger partial charge in [-0.15, -0.1) is 0 Å². The predicted octanol–water partition coefficient (Wildman–Crippen LogP) is 4.02. The molecular formula is C13H27BrO2. The molecule has 0 bridgehead atoms. The van der Waals surface area contributed by atoms with E-state index in [9.17, 15) is 0 Å². The van der Waals surface area contributed by atoms with Crippen LogP contribution in [0.3, 0.4) is 0 Å². The molecule has 0 fully saturated rings. The van der Waals surface area contributed by atoms with Crippen molar-refractivity contribution in [2.75, 3.05) is 26.9 Å². The Labute approximate surface area is 109 Å². The van der Waals surface area contributed by atoms with Gasteiger partial charge < -0.3 is 9.47 Å². The zero-order chi connectivity index (χ0) is 12.4. The number of hydrogen-bond acceptors (Lipinski definition) is 2. The van der Waals surface area contributed by atoms with Crippen molar-refractivity contribution in [3.63, 3.8) is 0 Å². The van der Waals surface area contributed by atoms with Gasteiger partial charge >= 0.3 is 0 Å². The van der Waals surface area contributed by atoms with E-state index in [4.69, 9.17) is 9.47 Å². The fraction of sp³-hybridized carbons (Fsp3) is 1.00. The Bertz CT molecular complexity index is 155. The van der Waals surface area contributed by atoms with Gasteiger partial charge in [0.2, 0.25) is 0 Å². The number of methoxy groups -OCH3 is 1. The van der Waals surface area contributed by atoms with Crippen LogP contribution in [0.4, 0.5) is 0 Å². The molecule has 1 unspecified atom stereocenters. The van der Waals surface area contributed by atoms with E-state index in [-0.39, 0.29) is 0 Å². The molecule has 0 aliphatic heterocycles. The van der Waals surface area contributed by atoms with Gasteiger partial charge in [-0.05, 0) is 18.3 Å². The van der Waals surface area contributed by atoms with E-state index in [0.717, 1.165) is 19.6 Å². The SMILES string of the molecule is COCCOCCCCCC(Br)C(C)(C)C. The number of ether oxygens (including phenoxy) is 2. The first-order chi connectivity index (χ1) is 7.48. The minimum absolute atomic E-state index is 0.370. The number of alkyl halides is 1. The van der Waals surface area contributed by atoms with Gasteiger partial charge in [0.05, 0.1) is 13.2 Å². The molecule has 0 aromatic rings. The molecule has 16 heavy (non-hydrogen) atoms. The Kier molecular flexibility index (Phi) is 9.67. The molecule has 98 valence electrons. The van der Waals surface area contributed by atoms with Crippen LogP contribution in [0.5, 0.6) is 0 Å². The zero-order valence-corrected chi connectivity index (χ0v) is 12.8. The van der Waals surface area contributed by atoms with E-state index < -0.39 is 0 Å². The number of unbranched alkanes of at least 4 members (excludes halogenated alkanes) is 2. The number of hydrogen-bond donors (Lipinski definition) is 0. The molecule has 3 heteroatoms. The predicted molar refractivity (Wildman–Crippen MR) is 73.3 cm³/mol. The third-order valence-corrected chi connectivity index (χ3v) is 4.45. The Hall–Kier alpha value is 0.400. The van der Waals surface area contributed by atoms with Gasteiger partial charge in [0.1, 0.15) is 0 Å². The van der Waals surface area contributed by atoms with Crippen LogP contribution in [-0.2, 0) is 9.47 Å². The van der Waals surface area contributed by atoms with Gasteiger partial charge in [0.25, 0.3) is 0 Å². The van der Waals surface area contributed by atoms with Crippen molar-refractivity contribution in [3.8, 4) is 0 Å². The highest BCUT2D eigenvalue weighted by atomic mass is 79.9. The monoisotopic (exact) mass is 294 g/mol.